The van der Waals surface area contributed by atoms with Crippen molar-refractivity contribution in [3.8, 4) is 11.4 Å². The number of halogens is 4. The molecule has 9 nitrogen and oxygen atoms in total. The van der Waals surface area contributed by atoms with Gasteiger partial charge in [0.25, 0.3) is 11.5 Å². The minimum Gasteiger partial charge on any atom is -0.330 e. The fourth-order valence-corrected chi connectivity index (χ4v) is 6.55. The largest absolute Gasteiger partial charge is 0.417 e. The monoisotopic (exact) mass is 701 g/mol. The first-order chi connectivity index (χ1) is 22.5. The van der Waals surface area contributed by atoms with Crippen LogP contribution in [-0.4, -0.2) is 46.0 Å². The molecule has 47 heavy (non-hydrogen) atoms. The Morgan fingerprint density at radius 1 is 0.979 bits per heavy atom. The molecule has 0 N–H and O–H groups in total. The van der Waals surface area contributed by atoms with Crippen molar-refractivity contribution in [3.05, 3.63) is 139 Å². The van der Waals surface area contributed by atoms with Crippen molar-refractivity contribution in [3.63, 3.8) is 0 Å². The molecule has 1 amide bonds. The standard InChI is InChI=1S/C34H27BrF3N7O2/c1-20-17-40-45(41-20)26-11-9-25(10-12-26)43-31-24(15-22-6-4-3-5-7-22)18-39-44(31)30-19-42(21(2)14-27(30)33(43)47)32(46)23-8-13-29(35)28(16-23)34(36,37)38/h3-13,16-18,21H,14-15,19H2,1-2H3/t21-/m1/s1. The number of nitrogens with zero attached hydrogens (tertiary/aromatic N) is 7. The van der Waals surface area contributed by atoms with Crippen LogP contribution in [0.15, 0.2) is 94.5 Å². The highest BCUT2D eigenvalue weighted by molar-refractivity contribution is 9.10. The number of benzene rings is 3. The maximum Gasteiger partial charge on any atom is 0.417 e. The van der Waals surface area contributed by atoms with E-state index in [2.05, 4.69) is 26.1 Å². The maximum atomic E-state index is 14.4. The van der Waals surface area contributed by atoms with E-state index in [1.807, 2.05) is 61.5 Å². The molecule has 1 aliphatic rings. The van der Waals surface area contributed by atoms with Crippen molar-refractivity contribution < 1.29 is 18.0 Å². The van der Waals surface area contributed by atoms with E-state index in [-0.39, 0.29) is 28.6 Å². The summed E-state index contributed by atoms with van der Waals surface area (Å²) in [6.45, 7) is 3.63. The van der Waals surface area contributed by atoms with Crippen molar-refractivity contribution >= 4 is 27.5 Å². The highest BCUT2D eigenvalue weighted by Gasteiger charge is 2.36. The Kier molecular flexibility index (Phi) is 7.58. The smallest absolute Gasteiger partial charge is 0.330 e. The van der Waals surface area contributed by atoms with Crippen molar-refractivity contribution in [2.45, 2.75) is 45.5 Å². The van der Waals surface area contributed by atoms with E-state index in [1.165, 1.54) is 21.8 Å². The fourth-order valence-electron chi connectivity index (χ4n) is 6.08. The van der Waals surface area contributed by atoms with Gasteiger partial charge in [0, 0.05) is 33.6 Å². The normalized spacial score (nSPS) is 14.9. The first kappa shape index (κ1) is 30.6. The predicted molar refractivity (Wildman–Crippen MR) is 172 cm³/mol. The number of aryl methyl sites for hydroxylation is 1. The highest BCUT2D eigenvalue weighted by Crippen LogP contribution is 2.36. The number of carbonyl (C=O) groups excluding carboxylic acids is 1. The lowest BCUT2D eigenvalue weighted by molar-refractivity contribution is -0.138. The van der Waals surface area contributed by atoms with E-state index in [9.17, 15) is 22.8 Å². The molecule has 0 bridgehead atoms. The van der Waals surface area contributed by atoms with E-state index in [0.717, 1.165) is 28.6 Å². The molecule has 3 aromatic heterocycles. The molecule has 4 heterocycles. The minimum absolute atomic E-state index is 0.00492. The Morgan fingerprint density at radius 2 is 1.70 bits per heavy atom. The summed E-state index contributed by atoms with van der Waals surface area (Å²) in [7, 11) is 0. The molecule has 0 aliphatic carbocycles. The van der Waals surface area contributed by atoms with E-state index in [1.54, 1.807) is 28.4 Å². The van der Waals surface area contributed by atoms with Crippen LogP contribution in [0.4, 0.5) is 13.2 Å². The summed E-state index contributed by atoms with van der Waals surface area (Å²) >= 11 is 2.95. The van der Waals surface area contributed by atoms with Crippen molar-refractivity contribution in [1.29, 1.82) is 0 Å². The number of hydrogen-bond acceptors (Lipinski definition) is 5. The molecule has 1 aliphatic heterocycles. The molecule has 1 atom stereocenters. The lowest BCUT2D eigenvalue weighted by atomic mass is 9.97. The molecule has 3 aromatic carbocycles. The number of carbonyl (C=O) groups is 1. The third kappa shape index (κ3) is 5.54. The summed E-state index contributed by atoms with van der Waals surface area (Å²) < 4.78 is 44.2. The van der Waals surface area contributed by atoms with Crippen molar-refractivity contribution in [1.82, 2.24) is 34.1 Å². The van der Waals surface area contributed by atoms with Gasteiger partial charge < -0.3 is 4.90 Å². The second-order valence-corrected chi connectivity index (χ2v) is 12.5. The van der Waals surface area contributed by atoms with Gasteiger partial charge in [-0.1, -0.05) is 46.3 Å². The van der Waals surface area contributed by atoms with E-state index >= 15 is 0 Å². The Hall–Kier alpha value is -5.04. The van der Waals surface area contributed by atoms with E-state index in [0.29, 0.717) is 29.0 Å². The molecular formula is C34H27BrF3N7O2. The zero-order valence-corrected chi connectivity index (χ0v) is 26.8. The Morgan fingerprint density at radius 3 is 2.38 bits per heavy atom. The van der Waals surface area contributed by atoms with Crippen LogP contribution in [0.5, 0.6) is 0 Å². The van der Waals surface area contributed by atoms with Gasteiger partial charge in [-0.2, -0.15) is 33.3 Å². The molecule has 0 fully saturated rings. The van der Waals surface area contributed by atoms with Crippen LogP contribution < -0.4 is 5.56 Å². The van der Waals surface area contributed by atoms with Gasteiger partial charge in [-0.15, -0.1) is 0 Å². The van der Waals surface area contributed by atoms with Crippen LogP contribution >= 0.6 is 15.9 Å². The van der Waals surface area contributed by atoms with Crippen LogP contribution in [-0.2, 0) is 25.6 Å². The average molecular weight is 703 g/mol. The van der Waals surface area contributed by atoms with Gasteiger partial charge in [0.15, 0.2) is 0 Å². The Balaban J connectivity index is 1.35. The van der Waals surface area contributed by atoms with Crippen LogP contribution in [0.25, 0.3) is 17.0 Å². The molecule has 238 valence electrons. The number of amides is 1. The Bertz CT molecular complexity index is 2210. The van der Waals surface area contributed by atoms with Crippen molar-refractivity contribution in [2.24, 2.45) is 0 Å². The first-order valence-electron chi connectivity index (χ1n) is 14.8. The number of alkyl halides is 3. The van der Waals surface area contributed by atoms with E-state index < -0.39 is 23.7 Å². The molecule has 0 saturated carbocycles. The van der Waals surface area contributed by atoms with Crippen LogP contribution in [0.1, 0.15) is 50.9 Å². The Labute approximate surface area is 275 Å². The topological polar surface area (TPSA) is 90.3 Å². The second-order valence-electron chi connectivity index (χ2n) is 11.6. The van der Waals surface area contributed by atoms with Crippen LogP contribution in [0.2, 0.25) is 0 Å². The molecule has 0 spiro atoms. The summed E-state index contributed by atoms with van der Waals surface area (Å²) in [6.07, 6.45) is -0.564. The zero-order chi connectivity index (χ0) is 33.0. The third-order valence-corrected chi connectivity index (χ3v) is 9.10. The lowest BCUT2D eigenvalue weighted by Crippen LogP contribution is -2.46. The SMILES string of the molecule is Cc1cnn(-c2ccc(-n3c(=O)c4c(n5ncc(Cc6ccccc6)c35)CN(C(=O)c3ccc(Br)c(C(F)(F)F)c3)[C@H](C)C4)cc2)n1. The van der Waals surface area contributed by atoms with Gasteiger partial charge in [0.2, 0.25) is 0 Å². The molecule has 0 radical (unpaired) electrons. The average Bonchev–Trinajstić information content (AvgIpc) is 3.67. The molecule has 13 heteroatoms. The summed E-state index contributed by atoms with van der Waals surface area (Å²) in [4.78, 5) is 31.2. The predicted octanol–water partition coefficient (Wildman–Crippen LogP) is 6.33. The lowest BCUT2D eigenvalue weighted by Gasteiger charge is -2.35. The summed E-state index contributed by atoms with van der Waals surface area (Å²) in [5, 5.41) is 13.4. The summed E-state index contributed by atoms with van der Waals surface area (Å²) in [5.74, 6) is -0.562. The first-order valence-corrected chi connectivity index (χ1v) is 15.6. The van der Waals surface area contributed by atoms with Crippen LogP contribution in [0, 0.1) is 6.92 Å². The summed E-state index contributed by atoms with van der Waals surface area (Å²) in [5.41, 5.74) is 4.23. The fraction of sp³-hybridized carbons (Fsp3) is 0.206. The van der Waals surface area contributed by atoms with Gasteiger partial charge >= 0.3 is 6.18 Å². The van der Waals surface area contributed by atoms with Gasteiger partial charge in [-0.05, 0) is 68.3 Å². The molecule has 6 aromatic rings. The third-order valence-electron chi connectivity index (χ3n) is 8.41. The van der Waals surface area contributed by atoms with E-state index in [4.69, 9.17) is 5.10 Å². The molecule has 0 saturated heterocycles. The summed E-state index contributed by atoms with van der Waals surface area (Å²) in [6, 6.07) is 20.1. The van der Waals surface area contributed by atoms with Crippen LogP contribution in [0.3, 0.4) is 0 Å². The zero-order valence-electron chi connectivity index (χ0n) is 25.2. The molecular weight excluding hydrogens is 675 g/mol. The quantitative estimate of drug-likeness (QED) is 0.210. The van der Waals surface area contributed by atoms with Gasteiger partial charge in [0.1, 0.15) is 5.65 Å². The van der Waals surface area contributed by atoms with Gasteiger partial charge in [0.05, 0.1) is 47.3 Å². The molecule has 0 unspecified atom stereocenters. The van der Waals surface area contributed by atoms with Gasteiger partial charge in [-0.25, -0.2) is 4.52 Å². The second kappa shape index (κ2) is 11.6. The van der Waals surface area contributed by atoms with Crippen molar-refractivity contribution in [2.75, 3.05) is 0 Å². The van der Waals surface area contributed by atoms with Gasteiger partial charge in [-0.3, -0.25) is 14.2 Å². The number of aromatic nitrogens is 6. The number of rotatable bonds is 5. The minimum atomic E-state index is -4.64. The number of fused-ring (bicyclic) bond motifs is 3. The molecule has 7 rings (SSSR count). The highest BCUT2D eigenvalue weighted by atomic mass is 79.9. The number of hydrogen-bond donors (Lipinski definition) is 0. The maximum absolute atomic E-state index is 14.4.